The molecule has 21 heavy (non-hydrogen) atoms. The summed E-state index contributed by atoms with van der Waals surface area (Å²) in [7, 11) is 0. The van der Waals surface area contributed by atoms with Crippen molar-refractivity contribution in [2.24, 2.45) is 5.92 Å². The molecule has 1 aliphatic heterocycles. The first-order chi connectivity index (χ1) is 10.1. The fourth-order valence-corrected chi connectivity index (χ4v) is 3.17. The van der Waals surface area contributed by atoms with Crippen LogP contribution >= 0.6 is 11.3 Å². The van der Waals surface area contributed by atoms with Crippen LogP contribution in [0.1, 0.15) is 35.9 Å². The first-order valence-corrected chi connectivity index (χ1v) is 8.24. The number of carbonyl (C=O) groups is 2. The molecule has 0 aliphatic carbocycles. The number of nitrogens with one attached hydrogen (secondary N) is 1. The van der Waals surface area contributed by atoms with Crippen LogP contribution in [0.2, 0.25) is 0 Å². The minimum Gasteiger partial charge on any atom is -0.393 e. The van der Waals surface area contributed by atoms with Gasteiger partial charge in [-0.15, -0.1) is 11.3 Å². The summed E-state index contributed by atoms with van der Waals surface area (Å²) < 4.78 is 0. The van der Waals surface area contributed by atoms with Crippen LogP contribution in [0.15, 0.2) is 17.5 Å². The second kappa shape index (κ2) is 7.56. The molecule has 2 atom stereocenters. The molecule has 0 spiro atoms. The van der Waals surface area contributed by atoms with Crippen molar-refractivity contribution < 1.29 is 14.7 Å². The number of hydrogen-bond acceptors (Lipinski definition) is 4. The number of aliphatic hydroxyl groups is 1. The summed E-state index contributed by atoms with van der Waals surface area (Å²) in [5.41, 5.74) is 0. The molecule has 1 saturated heterocycles. The van der Waals surface area contributed by atoms with Gasteiger partial charge in [-0.05, 0) is 37.6 Å². The third-order valence-electron chi connectivity index (χ3n) is 3.67. The van der Waals surface area contributed by atoms with Gasteiger partial charge in [-0.2, -0.15) is 0 Å². The van der Waals surface area contributed by atoms with Crippen molar-refractivity contribution in [2.45, 2.75) is 32.3 Å². The third-order valence-corrected chi connectivity index (χ3v) is 4.53. The Labute approximate surface area is 129 Å². The maximum Gasteiger partial charge on any atom is 0.263 e. The number of likely N-dealkylation sites (tertiary alicyclic amines) is 1. The monoisotopic (exact) mass is 310 g/mol. The van der Waals surface area contributed by atoms with Crippen LogP contribution in [-0.4, -0.2) is 47.6 Å². The summed E-state index contributed by atoms with van der Waals surface area (Å²) in [6.45, 7) is 3.38. The van der Waals surface area contributed by atoms with Gasteiger partial charge in [-0.25, -0.2) is 0 Å². The van der Waals surface area contributed by atoms with Gasteiger partial charge in [-0.3, -0.25) is 9.59 Å². The van der Waals surface area contributed by atoms with Crippen LogP contribution in [0.25, 0.3) is 0 Å². The summed E-state index contributed by atoms with van der Waals surface area (Å²) in [4.78, 5) is 26.9. The van der Waals surface area contributed by atoms with E-state index in [1.165, 1.54) is 11.3 Å². The Balaban J connectivity index is 1.85. The predicted octanol–water partition coefficient (Wildman–Crippen LogP) is 1.49. The number of carbonyl (C=O) groups excluding carboxylic acids is 2. The van der Waals surface area contributed by atoms with E-state index in [2.05, 4.69) is 5.32 Å². The standard InChI is InChI=1S/C15H22N2O3S/c1-11(18)6-7-16-14(19)12-4-2-8-17(10-12)15(20)13-5-3-9-21-13/h3,5,9,11-12,18H,2,4,6-8,10H2,1H3,(H,16,19). The van der Waals surface area contributed by atoms with E-state index in [0.29, 0.717) is 26.1 Å². The molecule has 2 rings (SSSR count). The molecule has 1 aliphatic rings. The zero-order valence-corrected chi connectivity index (χ0v) is 13.1. The largest absolute Gasteiger partial charge is 0.393 e. The second-order valence-corrected chi connectivity index (χ2v) is 6.44. The van der Waals surface area contributed by atoms with Gasteiger partial charge >= 0.3 is 0 Å². The Morgan fingerprint density at radius 1 is 1.57 bits per heavy atom. The fraction of sp³-hybridized carbons (Fsp3) is 0.600. The molecular weight excluding hydrogens is 288 g/mol. The van der Waals surface area contributed by atoms with Crippen LogP contribution in [0.4, 0.5) is 0 Å². The number of amides is 2. The van der Waals surface area contributed by atoms with Crippen molar-refractivity contribution >= 4 is 23.2 Å². The zero-order chi connectivity index (χ0) is 15.2. The topological polar surface area (TPSA) is 69.6 Å². The molecule has 116 valence electrons. The number of hydrogen-bond donors (Lipinski definition) is 2. The molecule has 0 bridgehead atoms. The lowest BCUT2D eigenvalue weighted by Gasteiger charge is -2.31. The van der Waals surface area contributed by atoms with Crippen LogP contribution in [0, 0.1) is 5.92 Å². The number of piperidine rings is 1. The van der Waals surface area contributed by atoms with Gasteiger partial charge in [0.05, 0.1) is 16.9 Å². The van der Waals surface area contributed by atoms with Gasteiger partial charge in [0.1, 0.15) is 0 Å². The van der Waals surface area contributed by atoms with Crippen LogP contribution in [0.5, 0.6) is 0 Å². The normalized spacial score (nSPS) is 20.1. The molecule has 2 heterocycles. The first kappa shape index (κ1) is 16.0. The predicted molar refractivity (Wildman–Crippen MR) is 82.3 cm³/mol. The van der Waals surface area contributed by atoms with E-state index in [-0.39, 0.29) is 17.7 Å². The Morgan fingerprint density at radius 2 is 2.38 bits per heavy atom. The maximum atomic E-state index is 12.3. The van der Waals surface area contributed by atoms with E-state index in [9.17, 15) is 14.7 Å². The molecule has 5 nitrogen and oxygen atoms in total. The molecule has 1 aromatic heterocycles. The highest BCUT2D eigenvalue weighted by atomic mass is 32.1. The Hall–Kier alpha value is -1.40. The molecule has 1 aromatic rings. The van der Waals surface area contributed by atoms with Crippen LogP contribution < -0.4 is 5.32 Å². The number of thiophene rings is 1. The molecule has 2 unspecified atom stereocenters. The molecule has 2 N–H and O–H groups in total. The quantitative estimate of drug-likeness (QED) is 0.865. The molecule has 0 aromatic carbocycles. The Bertz CT molecular complexity index is 473. The fourth-order valence-electron chi connectivity index (χ4n) is 2.48. The first-order valence-electron chi connectivity index (χ1n) is 7.36. The Kier molecular flexibility index (Phi) is 5.76. The van der Waals surface area contributed by atoms with Crippen molar-refractivity contribution in [1.29, 1.82) is 0 Å². The van der Waals surface area contributed by atoms with Crippen molar-refractivity contribution in [2.75, 3.05) is 19.6 Å². The highest BCUT2D eigenvalue weighted by Gasteiger charge is 2.29. The Morgan fingerprint density at radius 3 is 3.05 bits per heavy atom. The van der Waals surface area contributed by atoms with Gasteiger partial charge in [0, 0.05) is 19.6 Å². The SMILES string of the molecule is CC(O)CCNC(=O)C1CCCN(C(=O)c2cccs2)C1. The van der Waals surface area contributed by atoms with E-state index < -0.39 is 6.10 Å². The lowest BCUT2D eigenvalue weighted by Crippen LogP contribution is -2.45. The van der Waals surface area contributed by atoms with Crippen molar-refractivity contribution in [1.82, 2.24) is 10.2 Å². The zero-order valence-electron chi connectivity index (χ0n) is 12.2. The molecular formula is C15H22N2O3S. The highest BCUT2D eigenvalue weighted by Crippen LogP contribution is 2.20. The second-order valence-electron chi connectivity index (χ2n) is 5.50. The molecule has 6 heteroatoms. The molecule has 0 radical (unpaired) electrons. The minimum atomic E-state index is -0.409. The third kappa shape index (κ3) is 4.54. The van der Waals surface area contributed by atoms with E-state index >= 15 is 0 Å². The van der Waals surface area contributed by atoms with Gasteiger partial charge in [0.15, 0.2) is 0 Å². The van der Waals surface area contributed by atoms with E-state index in [1.54, 1.807) is 11.8 Å². The van der Waals surface area contributed by atoms with Crippen molar-refractivity contribution in [3.8, 4) is 0 Å². The average Bonchev–Trinajstić information content (AvgIpc) is 3.00. The van der Waals surface area contributed by atoms with Gasteiger partial charge < -0.3 is 15.3 Å². The summed E-state index contributed by atoms with van der Waals surface area (Å²) in [6.07, 6.45) is 1.81. The van der Waals surface area contributed by atoms with Crippen molar-refractivity contribution in [3.63, 3.8) is 0 Å². The average molecular weight is 310 g/mol. The van der Waals surface area contributed by atoms with E-state index in [0.717, 1.165) is 17.7 Å². The molecule has 1 fully saturated rings. The summed E-state index contributed by atoms with van der Waals surface area (Å²) in [5, 5.41) is 13.9. The lowest BCUT2D eigenvalue weighted by atomic mass is 9.97. The minimum absolute atomic E-state index is 0.0145. The molecule has 0 saturated carbocycles. The number of rotatable bonds is 5. The van der Waals surface area contributed by atoms with Crippen LogP contribution in [-0.2, 0) is 4.79 Å². The summed E-state index contributed by atoms with van der Waals surface area (Å²) >= 11 is 1.43. The highest BCUT2D eigenvalue weighted by molar-refractivity contribution is 7.12. The summed E-state index contributed by atoms with van der Waals surface area (Å²) in [5.74, 6) is -0.137. The lowest BCUT2D eigenvalue weighted by molar-refractivity contribution is -0.126. The van der Waals surface area contributed by atoms with Gasteiger partial charge in [-0.1, -0.05) is 6.07 Å². The smallest absolute Gasteiger partial charge is 0.263 e. The summed E-state index contributed by atoms with van der Waals surface area (Å²) in [6, 6.07) is 3.68. The van der Waals surface area contributed by atoms with E-state index in [4.69, 9.17) is 0 Å². The van der Waals surface area contributed by atoms with E-state index in [1.807, 2.05) is 17.5 Å². The van der Waals surface area contributed by atoms with Gasteiger partial charge in [0.2, 0.25) is 5.91 Å². The molecule has 2 amide bonds. The van der Waals surface area contributed by atoms with Crippen LogP contribution in [0.3, 0.4) is 0 Å². The maximum absolute atomic E-state index is 12.3. The number of aliphatic hydroxyl groups excluding tert-OH is 1. The van der Waals surface area contributed by atoms with Crippen molar-refractivity contribution in [3.05, 3.63) is 22.4 Å². The number of nitrogens with zero attached hydrogens (tertiary/aromatic N) is 1. The van der Waals surface area contributed by atoms with Gasteiger partial charge in [0.25, 0.3) is 5.91 Å².